The number of phenolic OH excluding ortho intramolecular Hbond substituents is 1. The lowest BCUT2D eigenvalue weighted by Gasteiger charge is -2.50. The van der Waals surface area contributed by atoms with Crippen molar-refractivity contribution in [2.24, 2.45) is 17.8 Å². The number of carbonyl (C=O) groups excluding carboxylic acids is 4. The molecule has 0 aromatic heterocycles. The second-order valence-corrected chi connectivity index (χ2v) is 14.2. The number of alkyl halides is 2. The molecule has 2 aliphatic carbocycles. The molecule has 3 aromatic carbocycles. The summed E-state index contributed by atoms with van der Waals surface area (Å²) >= 11 is 14.3. The number of allylic oxidation sites excluding steroid dienone is 2. The van der Waals surface area contributed by atoms with E-state index in [0.29, 0.717) is 6.42 Å². The van der Waals surface area contributed by atoms with E-state index in [1.807, 2.05) is 6.92 Å². The van der Waals surface area contributed by atoms with Gasteiger partial charge in [0.15, 0.2) is 33.0 Å². The number of imide groups is 2. The average molecular weight is 766 g/mol. The van der Waals surface area contributed by atoms with Gasteiger partial charge in [-0.05, 0) is 42.9 Å². The zero-order valence-corrected chi connectivity index (χ0v) is 28.9. The van der Waals surface area contributed by atoms with Crippen molar-refractivity contribution in [3.8, 4) is 17.2 Å². The molecule has 3 aromatic rings. The zero-order valence-electron chi connectivity index (χ0n) is 27.4. The monoisotopic (exact) mass is 764 g/mol. The van der Waals surface area contributed by atoms with Gasteiger partial charge >= 0.3 is 0 Å². The van der Waals surface area contributed by atoms with Crippen LogP contribution in [-0.2, 0) is 25.6 Å². The van der Waals surface area contributed by atoms with Crippen LogP contribution in [0.4, 0.5) is 33.3 Å². The third-order valence-electron chi connectivity index (χ3n) is 10.7. The minimum atomic E-state index is -2.85. The minimum absolute atomic E-state index is 0.0714. The number of rotatable bonds is 6. The summed E-state index contributed by atoms with van der Waals surface area (Å²) in [6.45, 7) is 1.93. The highest BCUT2D eigenvalue weighted by atomic mass is 35.5. The summed E-state index contributed by atoms with van der Waals surface area (Å²) in [5, 5.41) is 11.4. The molecule has 9 nitrogen and oxygen atoms in total. The number of aryl methyl sites for hydroxylation is 1. The van der Waals surface area contributed by atoms with Gasteiger partial charge in [-0.2, -0.15) is 0 Å². The Morgan fingerprint density at radius 2 is 1.44 bits per heavy atom. The first-order valence-electron chi connectivity index (χ1n) is 16.0. The van der Waals surface area contributed by atoms with Crippen LogP contribution in [0.3, 0.4) is 0 Å². The summed E-state index contributed by atoms with van der Waals surface area (Å²) in [5.74, 6) is -22.8. The Morgan fingerprint density at radius 3 is 2.02 bits per heavy atom. The molecule has 7 rings (SSSR count). The van der Waals surface area contributed by atoms with E-state index in [4.69, 9.17) is 32.7 Å². The lowest BCUT2D eigenvalue weighted by molar-refractivity contribution is -0.125. The van der Waals surface area contributed by atoms with Crippen LogP contribution in [0, 0.1) is 46.8 Å². The van der Waals surface area contributed by atoms with Crippen LogP contribution in [0.5, 0.6) is 17.2 Å². The van der Waals surface area contributed by atoms with Crippen molar-refractivity contribution >= 4 is 58.2 Å². The largest absolute Gasteiger partial charge is 0.507 e. The molecule has 6 unspecified atom stereocenters. The van der Waals surface area contributed by atoms with Gasteiger partial charge in [-0.25, -0.2) is 26.9 Å². The van der Waals surface area contributed by atoms with Crippen molar-refractivity contribution in [3.05, 3.63) is 88.3 Å². The number of fused-ring (bicyclic) bond motifs is 4. The lowest BCUT2D eigenvalue weighted by atomic mass is 9.56. The molecule has 52 heavy (non-hydrogen) atoms. The minimum Gasteiger partial charge on any atom is -0.507 e. The number of methoxy groups -OCH3 is 2. The SMILES string of the molecule is CCc1ccc(N2C(=O)C3CC=C4C(CC5(Cl)C(=O)N(c6c(F)c(F)c(F)c(F)c6F)C(=O)C5(Cl)C4c4c(O)cc(OC)cc4OC)C3C2=O)cc1. The number of ether oxygens (including phenoxy) is 2. The molecule has 0 bridgehead atoms. The Balaban J connectivity index is 1.46. The maximum absolute atomic E-state index is 15.3. The summed E-state index contributed by atoms with van der Waals surface area (Å²) in [6, 6.07) is 9.15. The van der Waals surface area contributed by atoms with Gasteiger partial charge in [0.1, 0.15) is 22.9 Å². The van der Waals surface area contributed by atoms with Crippen molar-refractivity contribution < 1.29 is 55.7 Å². The second kappa shape index (κ2) is 12.2. The van der Waals surface area contributed by atoms with Crippen LogP contribution in [0.2, 0.25) is 0 Å². The quantitative estimate of drug-likeness (QED) is 0.0769. The van der Waals surface area contributed by atoms with Crippen LogP contribution in [0.25, 0.3) is 0 Å². The maximum Gasteiger partial charge on any atom is 0.258 e. The third kappa shape index (κ3) is 4.52. The number of aromatic hydroxyl groups is 1. The fraction of sp³-hybridized carbons (Fsp3) is 0.333. The van der Waals surface area contributed by atoms with Gasteiger partial charge in [0.2, 0.25) is 17.6 Å². The topological polar surface area (TPSA) is 113 Å². The Morgan fingerprint density at radius 1 is 0.827 bits per heavy atom. The Hall–Kier alpha value is -4.69. The first-order valence-corrected chi connectivity index (χ1v) is 16.7. The van der Waals surface area contributed by atoms with Gasteiger partial charge in [0.05, 0.1) is 31.7 Å². The summed E-state index contributed by atoms with van der Waals surface area (Å²) < 4.78 is 84.5. The standard InChI is InChI=1S/C36H27Cl2F5N2O7/c1-4-14-5-7-15(8-6-14)44-31(47)18-10-9-17-19(22(18)32(44)48)13-35(37)33(49)45(30-28(42)26(40)25(39)27(41)29(30)43)34(50)36(35,38)24(17)23-20(46)11-16(51-2)12-21(23)52-3/h5-9,11-12,18-19,22,24,46H,4,10,13H2,1-3H3. The fourth-order valence-electron chi connectivity index (χ4n) is 8.18. The molecule has 2 saturated heterocycles. The average Bonchev–Trinajstić information content (AvgIpc) is 3.47. The number of hydrogen-bond acceptors (Lipinski definition) is 7. The van der Waals surface area contributed by atoms with E-state index in [-0.39, 0.29) is 39.6 Å². The first kappa shape index (κ1) is 35.7. The van der Waals surface area contributed by atoms with E-state index in [9.17, 15) is 37.5 Å². The fourth-order valence-corrected chi connectivity index (χ4v) is 9.10. The molecule has 4 amide bonds. The number of benzene rings is 3. The highest BCUT2D eigenvalue weighted by Crippen LogP contribution is 2.67. The van der Waals surface area contributed by atoms with Crippen LogP contribution < -0.4 is 19.3 Å². The summed E-state index contributed by atoms with van der Waals surface area (Å²) in [6.07, 6.45) is 1.44. The van der Waals surface area contributed by atoms with Crippen molar-refractivity contribution in [3.63, 3.8) is 0 Å². The molecule has 1 saturated carbocycles. The molecule has 16 heteroatoms. The molecule has 6 atom stereocenters. The molecule has 2 aliphatic heterocycles. The number of phenols is 1. The van der Waals surface area contributed by atoms with Gasteiger partial charge in [-0.3, -0.25) is 24.1 Å². The van der Waals surface area contributed by atoms with E-state index >= 15 is 8.78 Å². The predicted octanol–water partition coefficient (Wildman–Crippen LogP) is 6.44. The second-order valence-electron chi connectivity index (χ2n) is 13.0. The van der Waals surface area contributed by atoms with Crippen molar-refractivity contribution in [2.75, 3.05) is 24.0 Å². The molecular weight excluding hydrogens is 738 g/mol. The van der Waals surface area contributed by atoms with E-state index in [1.165, 1.54) is 26.4 Å². The summed E-state index contributed by atoms with van der Waals surface area (Å²) in [5.41, 5.74) is -0.799. The first-order chi connectivity index (χ1) is 24.6. The number of halogens is 7. The molecule has 0 radical (unpaired) electrons. The number of anilines is 2. The lowest BCUT2D eigenvalue weighted by Crippen LogP contribution is -2.60. The van der Waals surface area contributed by atoms with E-state index < -0.39 is 104 Å². The molecule has 0 spiro atoms. The van der Waals surface area contributed by atoms with Crippen LogP contribution in [0.15, 0.2) is 48.0 Å². The summed E-state index contributed by atoms with van der Waals surface area (Å²) in [7, 11) is 2.48. The third-order valence-corrected chi connectivity index (χ3v) is 12.1. The number of nitrogens with zero attached hydrogens (tertiary/aromatic N) is 2. The number of carbonyl (C=O) groups is 4. The molecular formula is C36H27Cl2F5N2O7. The smallest absolute Gasteiger partial charge is 0.258 e. The van der Waals surface area contributed by atoms with Gasteiger partial charge in [-0.1, -0.05) is 30.7 Å². The summed E-state index contributed by atoms with van der Waals surface area (Å²) in [4.78, 5) is 52.2. The van der Waals surface area contributed by atoms with Gasteiger partial charge < -0.3 is 14.6 Å². The highest BCUT2D eigenvalue weighted by molar-refractivity contribution is 6.58. The van der Waals surface area contributed by atoms with Crippen molar-refractivity contribution in [1.82, 2.24) is 0 Å². The molecule has 3 fully saturated rings. The van der Waals surface area contributed by atoms with Crippen LogP contribution in [-0.4, -0.2) is 52.7 Å². The van der Waals surface area contributed by atoms with Crippen molar-refractivity contribution in [1.29, 1.82) is 0 Å². The molecule has 4 aliphatic rings. The van der Waals surface area contributed by atoms with Crippen LogP contribution >= 0.6 is 23.2 Å². The normalized spacial score (nSPS) is 28.2. The number of amides is 4. The van der Waals surface area contributed by atoms with Gasteiger partial charge in [-0.15, -0.1) is 23.2 Å². The Bertz CT molecular complexity index is 2120. The van der Waals surface area contributed by atoms with Crippen molar-refractivity contribution in [2.45, 2.75) is 41.9 Å². The maximum atomic E-state index is 15.3. The van der Waals surface area contributed by atoms with E-state index in [2.05, 4.69) is 0 Å². The number of hydrogen-bond donors (Lipinski definition) is 1. The van der Waals surface area contributed by atoms with Gasteiger partial charge in [0.25, 0.3) is 11.8 Å². The van der Waals surface area contributed by atoms with Crippen LogP contribution in [0.1, 0.15) is 36.8 Å². The Labute approximate surface area is 302 Å². The zero-order chi connectivity index (χ0) is 37.8. The van der Waals surface area contributed by atoms with Gasteiger partial charge in [0, 0.05) is 23.6 Å². The molecule has 2 heterocycles. The Kier molecular flexibility index (Phi) is 8.37. The predicted molar refractivity (Wildman–Crippen MR) is 176 cm³/mol. The molecule has 272 valence electrons. The highest BCUT2D eigenvalue weighted by Gasteiger charge is 2.77. The van der Waals surface area contributed by atoms with E-state index in [1.54, 1.807) is 24.3 Å². The molecule has 1 N–H and O–H groups in total. The van der Waals surface area contributed by atoms with E-state index in [0.717, 1.165) is 16.5 Å².